The van der Waals surface area contributed by atoms with E-state index in [1.165, 1.54) is 16.3 Å². The predicted molar refractivity (Wildman–Crippen MR) is 185 cm³/mol. The Morgan fingerprint density at radius 3 is 1.76 bits per heavy atom. The molecule has 6 aromatic carbocycles. The fraction of sp³-hybridized carbons (Fsp3) is 0.0244. The van der Waals surface area contributed by atoms with Gasteiger partial charge in [0, 0.05) is 27.5 Å². The van der Waals surface area contributed by atoms with Crippen LogP contribution in [0.1, 0.15) is 11.1 Å². The topological polar surface area (TPSA) is 67.4 Å². The van der Waals surface area contributed by atoms with Crippen molar-refractivity contribution in [2.45, 2.75) is 6.92 Å². The number of hydrogen-bond donors (Lipinski definition) is 0. The van der Waals surface area contributed by atoms with Gasteiger partial charge in [-0.1, -0.05) is 109 Å². The predicted octanol–water partition coefficient (Wildman–Crippen LogP) is 9.82. The van der Waals surface area contributed by atoms with Crippen LogP contribution < -0.4 is 0 Å². The lowest BCUT2D eigenvalue weighted by atomic mass is 10.0. The molecule has 5 heteroatoms. The standard InChI is InChI=1S/C41H27N5/c1-27-16-22-34-33-14-8-9-15-36(33)46(37(34)24-27)38-25-32(29-19-17-28(26-42)18-20-29)21-23-35(38)41-44-39(30-10-4-2-5-11-30)43-40(45-41)31-12-6-3-7-13-31/h2-25H,1H3. The monoisotopic (exact) mass is 589 g/mol. The third kappa shape index (κ3) is 4.79. The van der Waals surface area contributed by atoms with E-state index < -0.39 is 0 Å². The second kappa shape index (κ2) is 11.3. The van der Waals surface area contributed by atoms with E-state index in [0.29, 0.717) is 23.0 Å². The molecule has 0 unspecified atom stereocenters. The van der Waals surface area contributed by atoms with Gasteiger partial charge in [-0.05, 0) is 60.0 Å². The maximum absolute atomic E-state index is 9.39. The second-order valence-electron chi connectivity index (χ2n) is 11.3. The molecule has 0 fully saturated rings. The zero-order chi connectivity index (χ0) is 31.0. The molecule has 46 heavy (non-hydrogen) atoms. The van der Waals surface area contributed by atoms with Crippen LogP contribution in [0.2, 0.25) is 0 Å². The van der Waals surface area contributed by atoms with Crippen LogP contribution in [-0.2, 0) is 0 Å². The molecule has 0 amide bonds. The summed E-state index contributed by atoms with van der Waals surface area (Å²) < 4.78 is 2.33. The van der Waals surface area contributed by atoms with Gasteiger partial charge in [0.15, 0.2) is 17.5 Å². The second-order valence-corrected chi connectivity index (χ2v) is 11.3. The number of aryl methyl sites for hydroxylation is 1. The highest BCUT2D eigenvalue weighted by Gasteiger charge is 2.20. The van der Waals surface area contributed by atoms with Crippen molar-refractivity contribution < 1.29 is 0 Å². The van der Waals surface area contributed by atoms with Gasteiger partial charge < -0.3 is 4.57 Å². The Bertz CT molecular complexity index is 2360. The van der Waals surface area contributed by atoms with Crippen LogP contribution >= 0.6 is 0 Å². The van der Waals surface area contributed by atoms with Gasteiger partial charge in [-0.2, -0.15) is 5.26 Å². The molecule has 2 heterocycles. The molecule has 216 valence electrons. The fourth-order valence-electron chi connectivity index (χ4n) is 6.09. The van der Waals surface area contributed by atoms with E-state index in [4.69, 9.17) is 15.0 Å². The third-order valence-electron chi connectivity index (χ3n) is 8.36. The zero-order valence-electron chi connectivity index (χ0n) is 25.1. The van der Waals surface area contributed by atoms with Crippen molar-refractivity contribution in [3.8, 4) is 57.0 Å². The van der Waals surface area contributed by atoms with Crippen LogP contribution in [-0.4, -0.2) is 19.5 Å². The maximum Gasteiger partial charge on any atom is 0.166 e. The molecule has 2 aromatic heterocycles. The van der Waals surface area contributed by atoms with Crippen molar-refractivity contribution in [1.82, 2.24) is 19.5 Å². The number of fused-ring (bicyclic) bond motifs is 3. The van der Waals surface area contributed by atoms with Crippen LogP contribution in [0, 0.1) is 18.3 Å². The molecule has 0 radical (unpaired) electrons. The van der Waals surface area contributed by atoms with Crippen LogP contribution in [0.15, 0.2) is 146 Å². The summed E-state index contributed by atoms with van der Waals surface area (Å²) >= 11 is 0. The molecule has 0 aliphatic rings. The zero-order valence-corrected chi connectivity index (χ0v) is 25.1. The maximum atomic E-state index is 9.39. The molecule has 0 atom stereocenters. The SMILES string of the molecule is Cc1ccc2c3ccccc3n(-c3cc(-c4ccc(C#N)cc4)ccc3-c3nc(-c4ccccc4)nc(-c4ccccc4)n3)c2c1. The minimum atomic E-state index is 0.590. The van der Waals surface area contributed by atoms with E-state index in [-0.39, 0.29) is 0 Å². The van der Waals surface area contributed by atoms with Gasteiger partial charge >= 0.3 is 0 Å². The Hall–Kier alpha value is -6.38. The van der Waals surface area contributed by atoms with Gasteiger partial charge in [-0.25, -0.2) is 15.0 Å². The Morgan fingerprint density at radius 1 is 0.500 bits per heavy atom. The van der Waals surface area contributed by atoms with Gasteiger partial charge in [0.05, 0.1) is 28.4 Å². The Morgan fingerprint density at radius 2 is 1.09 bits per heavy atom. The van der Waals surface area contributed by atoms with E-state index in [0.717, 1.165) is 44.5 Å². The van der Waals surface area contributed by atoms with Crippen molar-refractivity contribution in [2.24, 2.45) is 0 Å². The summed E-state index contributed by atoms with van der Waals surface area (Å²) in [6.45, 7) is 2.12. The Kier molecular flexibility index (Phi) is 6.67. The lowest BCUT2D eigenvalue weighted by Gasteiger charge is -2.16. The summed E-state index contributed by atoms with van der Waals surface area (Å²) in [6.07, 6.45) is 0. The average molecular weight is 590 g/mol. The minimum Gasteiger partial charge on any atom is -0.308 e. The first-order chi connectivity index (χ1) is 22.7. The summed E-state index contributed by atoms with van der Waals surface area (Å²) in [4.78, 5) is 15.1. The van der Waals surface area contributed by atoms with Gasteiger partial charge in [-0.3, -0.25) is 0 Å². The molecule has 0 saturated carbocycles. The number of para-hydroxylation sites is 1. The molecule has 0 saturated heterocycles. The molecule has 8 aromatic rings. The summed E-state index contributed by atoms with van der Waals surface area (Å²) in [5.74, 6) is 1.82. The third-order valence-corrected chi connectivity index (χ3v) is 8.36. The number of hydrogen-bond acceptors (Lipinski definition) is 4. The van der Waals surface area contributed by atoms with Crippen molar-refractivity contribution >= 4 is 21.8 Å². The van der Waals surface area contributed by atoms with E-state index in [1.807, 2.05) is 84.9 Å². The van der Waals surface area contributed by atoms with Crippen LogP contribution in [0.3, 0.4) is 0 Å². The smallest absolute Gasteiger partial charge is 0.166 e. The van der Waals surface area contributed by atoms with Gasteiger partial charge in [0.25, 0.3) is 0 Å². The van der Waals surface area contributed by atoms with E-state index in [1.54, 1.807) is 0 Å². The highest BCUT2D eigenvalue weighted by Crippen LogP contribution is 2.38. The molecule has 0 bridgehead atoms. The summed E-state index contributed by atoms with van der Waals surface area (Å²) in [5.41, 5.74) is 9.77. The van der Waals surface area contributed by atoms with Crippen LogP contribution in [0.4, 0.5) is 0 Å². The van der Waals surface area contributed by atoms with Gasteiger partial charge in [-0.15, -0.1) is 0 Å². The van der Waals surface area contributed by atoms with Crippen molar-refractivity contribution in [1.29, 1.82) is 5.26 Å². The summed E-state index contributed by atoms with van der Waals surface area (Å²) in [7, 11) is 0. The number of nitriles is 1. The molecular formula is C41H27N5. The first-order valence-corrected chi connectivity index (χ1v) is 15.2. The fourth-order valence-corrected chi connectivity index (χ4v) is 6.09. The largest absolute Gasteiger partial charge is 0.308 e. The summed E-state index contributed by atoms with van der Waals surface area (Å²) in [5, 5.41) is 11.8. The molecule has 8 rings (SSSR count). The number of nitrogens with zero attached hydrogens (tertiary/aromatic N) is 5. The van der Waals surface area contributed by atoms with Crippen LogP contribution in [0.5, 0.6) is 0 Å². The van der Waals surface area contributed by atoms with E-state index in [9.17, 15) is 5.26 Å². The van der Waals surface area contributed by atoms with Gasteiger partial charge in [0.2, 0.25) is 0 Å². The highest BCUT2D eigenvalue weighted by atomic mass is 15.1. The quantitative estimate of drug-likeness (QED) is 0.200. The first-order valence-electron chi connectivity index (χ1n) is 15.2. The van der Waals surface area contributed by atoms with Gasteiger partial charge in [0.1, 0.15) is 0 Å². The van der Waals surface area contributed by atoms with Crippen molar-refractivity contribution in [3.63, 3.8) is 0 Å². The molecule has 5 nitrogen and oxygen atoms in total. The normalized spacial score (nSPS) is 11.1. The lowest BCUT2D eigenvalue weighted by Crippen LogP contribution is -2.04. The van der Waals surface area contributed by atoms with Crippen molar-refractivity contribution in [2.75, 3.05) is 0 Å². The number of benzene rings is 6. The average Bonchev–Trinajstić information content (AvgIpc) is 3.45. The minimum absolute atomic E-state index is 0.590. The van der Waals surface area contributed by atoms with Crippen LogP contribution in [0.25, 0.3) is 72.8 Å². The number of aromatic nitrogens is 4. The Balaban J connectivity index is 1.45. The van der Waals surface area contributed by atoms with E-state index in [2.05, 4.69) is 78.2 Å². The first kappa shape index (κ1) is 27.2. The summed E-state index contributed by atoms with van der Waals surface area (Å²) in [6, 6.07) is 51.6. The lowest BCUT2D eigenvalue weighted by molar-refractivity contribution is 1.06. The molecule has 0 N–H and O–H groups in total. The van der Waals surface area contributed by atoms with Crippen molar-refractivity contribution in [3.05, 3.63) is 157 Å². The highest BCUT2D eigenvalue weighted by molar-refractivity contribution is 6.10. The molecular weight excluding hydrogens is 562 g/mol. The Labute approximate surface area is 266 Å². The molecule has 0 spiro atoms. The van der Waals surface area contributed by atoms with E-state index >= 15 is 0 Å². The molecule has 0 aliphatic heterocycles. The molecule has 0 aliphatic carbocycles. The number of rotatable bonds is 5.